The predicted octanol–water partition coefficient (Wildman–Crippen LogP) is 0.644. The van der Waals surface area contributed by atoms with Gasteiger partial charge in [0.2, 0.25) is 0 Å². The maximum absolute atomic E-state index is 10.4. The summed E-state index contributed by atoms with van der Waals surface area (Å²) in [5.41, 5.74) is 2.73. The van der Waals surface area contributed by atoms with Crippen LogP contribution in [-0.2, 0) is 0 Å². The molecule has 0 radical (unpaired) electrons. The summed E-state index contributed by atoms with van der Waals surface area (Å²) in [5, 5.41) is 14.9. The summed E-state index contributed by atoms with van der Waals surface area (Å²) in [7, 11) is 2.07. The lowest BCUT2D eigenvalue weighted by Gasteiger charge is -2.33. The van der Waals surface area contributed by atoms with Crippen LogP contribution in [0.25, 0.3) is 0 Å². The molecule has 0 saturated carbocycles. The molecule has 2 heterocycles. The van der Waals surface area contributed by atoms with Gasteiger partial charge >= 0.3 is 5.88 Å². The molecule has 1 N–H and O–H groups in total. The van der Waals surface area contributed by atoms with Gasteiger partial charge in [-0.25, -0.2) is 0 Å². The van der Waals surface area contributed by atoms with E-state index in [9.17, 15) is 10.1 Å². The maximum Gasteiger partial charge on any atom is 0.433 e. The molecule has 0 aliphatic carbocycles. The third-order valence-corrected chi connectivity index (χ3v) is 3.28. The van der Waals surface area contributed by atoms with Crippen molar-refractivity contribution in [2.75, 3.05) is 33.2 Å². The summed E-state index contributed by atoms with van der Waals surface area (Å²) in [5.74, 6) is -0.0153. The second kappa shape index (κ2) is 6.44. The van der Waals surface area contributed by atoms with Gasteiger partial charge in [-0.2, -0.15) is 5.10 Å². The van der Waals surface area contributed by atoms with Crippen molar-refractivity contribution in [1.82, 2.24) is 15.2 Å². The molecule has 1 aliphatic heterocycles. The van der Waals surface area contributed by atoms with Gasteiger partial charge in [-0.05, 0) is 25.3 Å². The highest BCUT2D eigenvalue weighted by molar-refractivity contribution is 7.80. The van der Waals surface area contributed by atoms with E-state index in [1.165, 1.54) is 18.3 Å². The number of hydrogen-bond acceptors (Lipinski definition) is 6. The minimum atomic E-state index is -0.598. The Morgan fingerprint density at radius 3 is 2.80 bits per heavy atom. The van der Waals surface area contributed by atoms with Crippen molar-refractivity contribution in [3.63, 3.8) is 0 Å². The van der Waals surface area contributed by atoms with Crippen LogP contribution in [0.4, 0.5) is 5.88 Å². The number of hydrazone groups is 1. The molecule has 1 saturated heterocycles. The highest BCUT2D eigenvalue weighted by Crippen LogP contribution is 2.13. The number of nitrogens with one attached hydrogen (secondary N) is 1. The van der Waals surface area contributed by atoms with Crippen molar-refractivity contribution < 1.29 is 9.34 Å². The van der Waals surface area contributed by atoms with E-state index < -0.39 is 4.92 Å². The van der Waals surface area contributed by atoms with Crippen LogP contribution in [0.5, 0.6) is 0 Å². The lowest BCUT2D eigenvalue weighted by molar-refractivity contribution is -0.402. The summed E-state index contributed by atoms with van der Waals surface area (Å²) in [4.78, 5) is 14.1. The predicted molar refractivity (Wildman–Crippen MR) is 77.8 cm³/mol. The van der Waals surface area contributed by atoms with Gasteiger partial charge in [-0.15, -0.1) is 0 Å². The molecule has 9 heteroatoms. The highest BCUT2D eigenvalue weighted by Gasteiger charge is 2.15. The zero-order valence-corrected chi connectivity index (χ0v) is 11.8. The standard InChI is InChI=1S/C11H15N5O3S/c1-14-4-6-15(7-5-14)11(20)13-12-8-9-2-3-10(19-9)16(17)18/h2-3,8H,4-7H2,1H3,(H,13,20)/b12-8+. The summed E-state index contributed by atoms with van der Waals surface area (Å²) < 4.78 is 4.93. The van der Waals surface area contributed by atoms with Crippen molar-refractivity contribution in [2.45, 2.75) is 0 Å². The first-order valence-electron chi connectivity index (χ1n) is 6.07. The van der Waals surface area contributed by atoms with E-state index in [0.717, 1.165) is 26.2 Å². The number of nitrogens with zero attached hydrogens (tertiary/aromatic N) is 4. The Balaban J connectivity index is 1.83. The van der Waals surface area contributed by atoms with E-state index >= 15 is 0 Å². The number of likely N-dealkylation sites (N-methyl/N-ethyl adjacent to an activating group) is 1. The normalized spacial score (nSPS) is 16.6. The minimum absolute atomic E-state index is 0.297. The smallest absolute Gasteiger partial charge is 0.400 e. The molecule has 1 aliphatic rings. The molecule has 8 nitrogen and oxygen atoms in total. The second-order valence-corrected chi connectivity index (χ2v) is 4.79. The molecule has 0 atom stereocenters. The molecule has 0 aromatic carbocycles. The Bertz CT molecular complexity index is 522. The van der Waals surface area contributed by atoms with Gasteiger partial charge in [0.25, 0.3) is 0 Å². The average Bonchev–Trinajstić information content (AvgIpc) is 2.88. The quantitative estimate of drug-likeness (QED) is 0.379. The molecular formula is C11H15N5O3S. The second-order valence-electron chi connectivity index (χ2n) is 4.40. The van der Waals surface area contributed by atoms with Crippen LogP contribution in [0, 0.1) is 10.1 Å². The first-order chi connectivity index (χ1) is 9.56. The van der Waals surface area contributed by atoms with Gasteiger partial charge in [-0.3, -0.25) is 15.5 Å². The SMILES string of the molecule is CN1CCN(C(=S)N/N=C/c2ccc([N+](=O)[O-])o2)CC1. The number of hydrogen-bond donors (Lipinski definition) is 1. The van der Waals surface area contributed by atoms with Crippen molar-refractivity contribution >= 4 is 29.4 Å². The number of nitro groups is 1. The van der Waals surface area contributed by atoms with Crippen LogP contribution in [0.3, 0.4) is 0 Å². The van der Waals surface area contributed by atoms with Crippen molar-refractivity contribution in [1.29, 1.82) is 0 Å². The van der Waals surface area contributed by atoms with E-state index in [-0.39, 0.29) is 5.88 Å². The largest absolute Gasteiger partial charge is 0.433 e. The summed E-state index contributed by atoms with van der Waals surface area (Å²) in [6, 6.07) is 2.75. The summed E-state index contributed by atoms with van der Waals surface area (Å²) >= 11 is 5.22. The topological polar surface area (TPSA) is 87.1 Å². The van der Waals surface area contributed by atoms with Crippen LogP contribution < -0.4 is 5.43 Å². The number of rotatable bonds is 3. The van der Waals surface area contributed by atoms with Gasteiger partial charge < -0.3 is 14.2 Å². The summed E-state index contributed by atoms with van der Waals surface area (Å²) in [6.07, 6.45) is 1.36. The number of piperazine rings is 1. The Hall–Kier alpha value is -2.00. The van der Waals surface area contributed by atoms with Crippen molar-refractivity contribution in [3.05, 3.63) is 28.0 Å². The number of furan rings is 1. The van der Waals surface area contributed by atoms with Crippen molar-refractivity contribution in [3.8, 4) is 0 Å². The van der Waals surface area contributed by atoms with Crippen LogP contribution >= 0.6 is 12.2 Å². The molecular weight excluding hydrogens is 282 g/mol. The zero-order valence-electron chi connectivity index (χ0n) is 11.0. The molecule has 1 fully saturated rings. The van der Waals surface area contributed by atoms with E-state index in [2.05, 4.69) is 22.5 Å². The molecule has 20 heavy (non-hydrogen) atoms. The van der Waals surface area contributed by atoms with Crippen LogP contribution in [0.2, 0.25) is 0 Å². The number of thiocarbonyl (C=S) groups is 1. The molecule has 0 bridgehead atoms. The van der Waals surface area contributed by atoms with Gasteiger partial charge in [0.1, 0.15) is 4.92 Å². The van der Waals surface area contributed by atoms with Crippen molar-refractivity contribution in [2.24, 2.45) is 5.10 Å². The molecule has 108 valence electrons. The Labute approximate surface area is 121 Å². The van der Waals surface area contributed by atoms with Crippen LogP contribution in [0.1, 0.15) is 5.76 Å². The first-order valence-corrected chi connectivity index (χ1v) is 6.48. The third kappa shape index (κ3) is 3.75. The van der Waals surface area contributed by atoms with Gasteiger partial charge in [0.05, 0.1) is 12.3 Å². The van der Waals surface area contributed by atoms with E-state index in [1.807, 2.05) is 4.90 Å². The minimum Gasteiger partial charge on any atom is -0.400 e. The van der Waals surface area contributed by atoms with Crippen LogP contribution in [-0.4, -0.2) is 59.3 Å². The van der Waals surface area contributed by atoms with Gasteiger partial charge in [-0.1, -0.05) is 0 Å². The lowest BCUT2D eigenvalue weighted by Crippen LogP contribution is -2.49. The molecule has 0 spiro atoms. The molecule has 0 unspecified atom stereocenters. The van der Waals surface area contributed by atoms with Gasteiger partial charge in [0.15, 0.2) is 10.9 Å². The third-order valence-electron chi connectivity index (χ3n) is 2.94. The summed E-state index contributed by atoms with van der Waals surface area (Å²) in [6.45, 7) is 3.61. The highest BCUT2D eigenvalue weighted by atomic mass is 32.1. The van der Waals surface area contributed by atoms with Gasteiger partial charge in [0, 0.05) is 26.2 Å². The van der Waals surface area contributed by atoms with E-state index in [1.54, 1.807) is 0 Å². The first kappa shape index (κ1) is 14.4. The molecule has 1 aromatic heterocycles. The molecule has 0 amide bonds. The molecule has 2 rings (SSSR count). The maximum atomic E-state index is 10.4. The van der Waals surface area contributed by atoms with Crippen LogP contribution in [0.15, 0.2) is 21.7 Å². The van der Waals surface area contributed by atoms with E-state index in [0.29, 0.717) is 10.9 Å². The Kier molecular flexibility index (Phi) is 4.64. The Morgan fingerprint density at radius 2 is 2.20 bits per heavy atom. The van der Waals surface area contributed by atoms with E-state index in [4.69, 9.17) is 16.6 Å². The average molecular weight is 297 g/mol. The Morgan fingerprint density at radius 1 is 1.50 bits per heavy atom. The zero-order chi connectivity index (χ0) is 14.5. The molecule has 1 aromatic rings. The lowest BCUT2D eigenvalue weighted by atomic mass is 10.3. The fourth-order valence-corrected chi connectivity index (χ4v) is 1.98. The monoisotopic (exact) mass is 297 g/mol. The fourth-order valence-electron chi connectivity index (χ4n) is 1.74. The fraction of sp³-hybridized carbons (Fsp3) is 0.455.